The van der Waals surface area contributed by atoms with Crippen molar-refractivity contribution in [2.45, 2.75) is 19.5 Å². The van der Waals surface area contributed by atoms with Gasteiger partial charge in [0.25, 0.3) is 5.56 Å². The molecule has 0 spiro atoms. The summed E-state index contributed by atoms with van der Waals surface area (Å²) in [5.74, 6) is 0.150. The number of nitrogens with zero attached hydrogens (tertiary/aromatic N) is 2. The van der Waals surface area contributed by atoms with Crippen LogP contribution in [0.2, 0.25) is 0 Å². The van der Waals surface area contributed by atoms with Crippen molar-refractivity contribution in [2.75, 3.05) is 0 Å². The molecule has 2 aromatic carbocycles. The zero-order valence-corrected chi connectivity index (χ0v) is 14.3. The third-order valence-corrected chi connectivity index (χ3v) is 4.43. The number of imidazole rings is 1. The van der Waals surface area contributed by atoms with Crippen molar-refractivity contribution in [1.29, 1.82) is 0 Å². The molecule has 0 saturated carbocycles. The number of fused-ring (bicyclic) bond motifs is 1. The van der Waals surface area contributed by atoms with Gasteiger partial charge in [-0.3, -0.25) is 9.89 Å². The molecule has 0 aliphatic rings. The Morgan fingerprint density at radius 3 is 2.56 bits per heavy atom. The number of halogens is 3. The number of aromatic nitrogens is 4. The average molecular weight is 372 g/mol. The molecule has 4 rings (SSSR count). The number of alkyl halides is 3. The Balaban J connectivity index is 1.76. The monoisotopic (exact) mass is 372 g/mol. The number of benzene rings is 2. The van der Waals surface area contributed by atoms with E-state index in [-0.39, 0.29) is 17.0 Å². The summed E-state index contributed by atoms with van der Waals surface area (Å²) in [4.78, 5) is 19.8. The van der Waals surface area contributed by atoms with Crippen molar-refractivity contribution >= 4 is 11.0 Å². The molecule has 8 heteroatoms. The molecule has 0 unspecified atom stereocenters. The van der Waals surface area contributed by atoms with Crippen LogP contribution in [0.25, 0.3) is 17.0 Å². The molecule has 138 valence electrons. The Labute approximate surface area is 151 Å². The fourth-order valence-corrected chi connectivity index (χ4v) is 3.02. The number of aromatic amines is 2. The van der Waals surface area contributed by atoms with Crippen LogP contribution in [0.5, 0.6) is 0 Å². The smallest absolute Gasteiger partial charge is 0.322 e. The van der Waals surface area contributed by atoms with Gasteiger partial charge in [0.1, 0.15) is 0 Å². The molecule has 2 N–H and O–H groups in total. The highest BCUT2D eigenvalue weighted by Crippen LogP contribution is 2.31. The molecular weight excluding hydrogens is 357 g/mol. The molecule has 2 heterocycles. The number of hydrogen-bond acceptors (Lipinski definition) is 2. The first-order chi connectivity index (χ1) is 12.8. The van der Waals surface area contributed by atoms with E-state index in [0.29, 0.717) is 23.2 Å². The molecular formula is C19H15F3N4O. The summed E-state index contributed by atoms with van der Waals surface area (Å²) in [5, 5.41) is 2.94. The van der Waals surface area contributed by atoms with Gasteiger partial charge in [-0.15, -0.1) is 0 Å². The van der Waals surface area contributed by atoms with E-state index in [1.807, 2.05) is 30.3 Å². The van der Waals surface area contributed by atoms with Gasteiger partial charge in [-0.2, -0.15) is 17.9 Å². The van der Waals surface area contributed by atoms with E-state index in [0.717, 1.165) is 17.7 Å². The molecule has 0 amide bonds. The van der Waals surface area contributed by atoms with Gasteiger partial charge >= 0.3 is 6.18 Å². The van der Waals surface area contributed by atoms with Crippen molar-refractivity contribution in [1.82, 2.24) is 19.7 Å². The fraction of sp³-hybridized carbons (Fsp3) is 0.158. The van der Waals surface area contributed by atoms with Crippen molar-refractivity contribution in [3.8, 4) is 5.95 Å². The Bertz CT molecular complexity index is 1170. The van der Waals surface area contributed by atoms with E-state index in [1.165, 1.54) is 10.7 Å². The highest BCUT2D eigenvalue weighted by molar-refractivity contribution is 5.77. The molecule has 27 heavy (non-hydrogen) atoms. The van der Waals surface area contributed by atoms with Crippen LogP contribution < -0.4 is 5.56 Å². The minimum Gasteiger partial charge on any atom is -0.322 e. The van der Waals surface area contributed by atoms with E-state index >= 15 is 0 Å². The number of rotatable bonds is 3. The number of H-pyrrole nitrogens is 2. The molecule has 0 saturated heterocycles. The highest BCUT2D eigenvalue weighted by Gasteiger charge is 2.30. The zero-order valence-electron chi connectivity index (χ0n) is 14.3. The number of hydrogen-bond donors (Lipinski definition) is 2. The Morgan fingerprint density at radius 1 is 1.11 bits per heavy atom. The normalized spacial score (nSPS) is 12.0. The molecule has 4 aromatic rings. The Hall–Kier alpha value is -3.29. The molecule has 0 atom stereocenters. The van der Waals surface area contributed by atoms with Gasteiger partial charge in [0.05, 0.1) is 16.6 Å². The Kier molecular flexibility index (Phi) is 3.91. The zero-order chi connectivity index (χ0) is 19.2. The van der Waals surface area contributed by atoms with E-state index in [9.17, 15) is 18.0 Å². The van der Waals surface area contributed by atoms with Crippen LogP contribution in [0.1, 0.15) is 22.4 Å². The summed E-state index contributed by atoms with van der Waals surface area (Å²) in [5.41, 5.74) is 1.75. The van der Waals surface area contributed by atoms with Crippen LogP contribution >= 0.6 is 0 Å². The van der Waals surface area contributed by atoms with Crippen molar-refractivity contribution in [2.24, 2.45) is 0 Å². The largest absolute Gasteiger partial charge is 0.416 e. The van der Waals surface area contributed by atoms with Gasteiger partial charge in [0.2, 0.25) is 5.95 Å². The van der Waals surface area contributed by atoms with Gasteiger partial charge in [-0.25, -0.2) is 4.98 Å². The second-order valence-corrected chi connectivity index (χ2v) is 6.31. The summed E-state index contributed by atoms with van der Waals surface area (Å²) in [7, 11) is 0. The van der Waals surface area contributed by atoms with Gasteiger partial charge in [-0.05, 0) is 30.7 Å². The average Bonchev–Trinajstić information content (AvgIpc) is 3.17. The van der Waals surface area contributed by atoms with Crippen molar-refractivity contribution < 1.29 is 13.2 Å². The lowest BCUT2D eigenvalue weighted by molar-refractivity contribution is -0.137. The first-order valence-corrected chi connectivity index (χ1v) is 8.24. The van der Waals surface area contributed by atoms with Gasteiger partial charge in [0, 0.05) is 17.7 Å². The predicted molar refractivity (Wildman–Crippen MR) is 95.0 cm³/mol. The summed E-state index contributed by atoms with van der Waals surface area (Å²) in [6.45, 7) is 1.78. The second kappa shape index (κ2) is 6.15. The predicted octanol–water partition coefficient (Wildman–Crippen LogP) is 3.96. The molecule has 2 aromatic heterocycles. The maximum Gasteiger partial charge on any atom is 0.416 e. The minimum absolute atomic E-state index is 0.150. The maximum atomic E-state index is 12.9. The minimum atomic E-state index is -4.44. The van der Waals surface area contributed by atoms with Crippen LogP contribution in [0.15, 0.2) is 53.3 Å². The van der Waals surface area contributed by atoms with Gasteiger partial charge in [-0.1, -0.05) is 30.3 Å². The lowest BCUT2D eigenvalue weighted by atomic mass is 10.1. The van der Waals surface area contributed by atoms with Gasteiger partial charge in [0.15, 0.2) is 0 Å². The maximum absolute atomic E-state index is 12.9. The van der Waals surface area contributed by atoms with Crippen LogP contribution in [0.4, 0.5) is 13.2 Å². The lowest BCUT2D eigenvalue weighted by Crippen LogP contribution is -2.18. The summed E-state index contributed by atoms with van der Waals surface area (Å²) in [6, 6.07) is 12.8. The van der Waals surface area contributed by atoms with Crippen molar-refractivity contribution in [3.05, 3.63) is 81.3 Å². The lowest BCUT2D eigenvalue weighted by Gasteiger charge is -2.04. The molecule has 0 aliphatic carbocycles. The number of aryl methyl sites for hydroxylation is 1. The molecule has 0 aliphatic heterocycles. The number of nitrogens with one attached hydrogen (secondary N) is 2. The fourth-order valence-electron chi connectivity index (χ4n) is 3.02. The van der Waals surface area contributed by atoms with Crippen molar-refractivity contribution in [3.63, 3.8) is 0 Å². The van der Waals surface area contributed by atoms with Crippen LogP contribution in [-0.2, 0) is 12.6 Å². The van der Waals surface area contributed by atoms with E-state index in [2.05, 4.69) is 15.1 Å². The third kappa shape index (κ3) is 3.14. The van der Waals surface area contributed by atoms with Gasteiger partial charge < -0.3 is 4.98 Å². The SMILES string of the molecule is Cc1[nH]n(-c2nc3ccc(C(F)(F)F)cc3[nH]2)c(=O)c1Cc1ccccc1. The van der Waals surface area contributed by atoms with E-state index < -0.39 is 11.7 Å². The third-order valence-electron chi connectivity index (χ3n) is 4.43. The highest BCUT2D eigenvalue weighted by atomic mass is 19.4. The van der Waals surface area contributed by atoms with E-state index in [1.54, 1.807) is 6.92 Å². The molecule has 0 radical (unpaired) electrons. The topological polar surface area (TPSA) is 66.5 Å². The summed E-state index contributed by atoms with van der Waals surface area (Å²) >= 11 is 0. The molecule has 0 bridgehead atoms. The first-order valence-electron chi connectivity index (χ1n) is 8.24. The van der Waals surface area contributed by atoms with E-state index in [4.69, 9.17) is 0 Å². The van der Waals surface area contributed by atoms with Crippen LogP contribution in [-0.4, -0.2) is 19.7 Å². The molecule has 5 nitrogen and oxygen atoms in total. The second-order valence-electron chi connectivity index (χ2n) is 6.31. The quantitative estimate of drug-likeness (QED) is 0.572. The summed E-state index contributed by atoms with van der Waals surface area (Å²) < 4.78 is 39.9. The summed E-state index contributed by atoms with van der Waals surface area (Å²) in [6.07, 6.45) is -3.99. The first kappa shape index (κ1) is 17.1. The van der Waals surface area contributed by atoms with Crippen LogP contribution in [0.3, 0.4) is 0 Å². The van der Waals surface area contributed by atoms with Crippen LogP contribution in [0, 0.1) is 6.92 Å². The Morgan fingerprint density at radius 2 is 1.85 bits per heavy atom. The molecule has 0 fully saturated rings. The standard InChI is InChI=1S/C19H15F3N4O/c1-11-14(9-12-5-3-2-4-6-12)17(27)26(25-11)18-23-15-8-7-13(19(20,21)22)10-16(15)24-18/h2-8,10,25H,9H2,1H3,(H,23,24).